The molecule has 6 heteroatoms. The molecule has 5 rings (SSSR count). The highest BCUT2D eigenvalue weighted by Gasteiger charge is 2.31. The second-order valence-corrected chi connectivity index (χ2v) is 7.05. The minimum Gasteiger partial charge on any atom is -0.352 e. The molecule has 0 aromatic heterocycles. The Balaban J connectivity index is 1.33. The van der Waals surface area contributed by atoms with Crippen molar-refractivity contribution in [3.8, 4) is 0 Å². The third-order valence-corrected chi connectivity index (χ3v) is 5.32. The maximum atomic E-state index is 12.0. The monoisotopic (exact) mass is 359 g/mol. The topological polar surface area (TPSA) is 68.8 Å². The van der Waals surface area contributed by atoms with Crippen molar-refractivity contribution in [2.75, 3.05) is 19.6 Å². The quantitative estimate of drug-likeness (QED) is 0.787. The lowest BCUT2D eigenvalue weighted by Crippen LogP contribution is -2.54. The van der Waals surface area contributed by atoms with Gasteiger partial charge in [0.05, 0.1) is 12.2 Å². The number of nitrogens with one attached hydrogen (secondary N) is 3. The molecule has 3 aliphatic rings. The number of hydrogen-bond acceptors (Lipinski definition) is 5. The van der Waals surface area contributed by atoms with Crippen molar-refractivity contribution >= 4 is 23.0 Å². The van der Waals surface area contributed by atoms with Gasteiger partial charge in [0, 0.05) is 24.2 Å². The molecule has 136 valence electrons. The van der Waals surface area contributed by atoms with Gasteiger partial charge in [-0.2, -0.15) is 0 Å². The minimum atomic E-state index is -0.137. The Hall–Kier alpha value is -2.96. The Labute approximate surface area is 158 Å². The molecule has 3 N–H and O–H groups in total. The first kappa shape index (κ1) is 16.2. The number of amides is 1. The smallest absolute Gasteiger partial charge is 0.265 e. The van der Waals surface area contributed by atoms with Crippen LogP contribution in [0, 0.1) is 0 Å². The van der Waals surface area contributed by atoms with E-state index in [0.717, 1.165) is 43.1 Å². The van der Waals surface area contributed by atoms with Crippen LogP contribution < -0.4 is 16.2 Å². The molecule has 0 radical (unpaired) electrons. The zero-order chi connectivity index (χ0) is 18.2. The van der Waals surface area contributed by atoms with Gasteiger partial charge < -0.3 is 5.32 Å². The van der Waals surface area contributed by atoms with Crippen molar-refractivity contribution < 1.29 is 4.79 Å². The average molecular weight is 359 g/mol. The van der Waals surface area contributed by atoms with E-state index in [-0.39, 0.29) is 12.1 Å². The molecule has 27 heavy (non-hydrogen) atoms. The van der Waals surface area contributed by atoms with Crippen molar-refractivity contribution in [1.29, 1.82) is 0 Å². The molecular weight excluding hydrogens is 338 g/mol. The standard InChI is InChI=1S/C21H21N5O/c27-21-16-7-4-8-17-19(16)20(24-25-21)23-18(22-17)13-26-11-9-15(10-12-26)14-5-2-1-3-6-14/h1-9,20,24H,10-13H2,(H,22,23)(H,25,27). The maximum absolute atomic E-state index is 12.0. The van der Waals surface area contributed by atoms with Crippen LogP contribution >= 0.6 is 0 Å². The Kier molecular flexibility index (Phi) is 3.99. The summed E-state index contributed by atoms with van der Waals surface area (Å²) in [6, 6.07) is 16.3. The summed E-state index contributed by atoms with van der Waals surface area (Å²) in [4.78, 5) is 19.2. The molecule has 3 heterocycles. The van der Waals surface area contributed by atoms with Gasteiger partial charge in [-0.15, -0.1) is 0 Å². The summed E-state index contributed by atoms with van der Waals surface area (Å²) in [5, 5.41) is 3.42. The lowest BCUT2D eigenvalue weighted by Gasteiger charge is -2.35. The lowest BCUT2D eigenvalue weighted by atomic mass is 9.98. The SMILES string of the molecule is O=C1NNC2NC(CN3CC=C(c4ccccc4)CC3)=Nc3cccc1c32. The van der Waals surface area contributed by atoms with E-state index in [4.69, 9.17) is 4.99 Å². The Morgan fingerprint density at radius 1 is 1.11 bits per heavy atom. The summed E-state index contributed by atoms with van der Waals surface area (Å²) in [6.07, 6.45) is 3.21. The van der Waals surface area contributed by atoms with Crippen molar-refractivity contribution in [3.63, 3.8) is 0 Å². The minimum absolute atomic E-state index is 0.113. The molecular formula is C21H21N5O. The Bertz CT molecular complexity index is 950. The summed E-state index contributed by atoms with van der Waals surface area (Å²) in [5.74, 6) is 0.808. The molecule has 0 aliphatic carbocycles. The van der Waals surface area contributed by atoms with Gasteiger partial charge in [-0.1, -0.05) is 42.5 Å². The molecule has 1 unspecified atom stereocenters. The summed E-state index contributed by atoms with van der Waals surface area (Å²) in [5.41, 5.74) is 11.0. The zero-order valence-corrected chi connectivity index (χ0v) is 14.9. The van der Waals surface area contributed by atoms with E-state index < -0.39 is 0 Å². The molecule has 0 saturated carbocycles. The van der Waals surface area contributed by atoms with Crippen LogP contribution in [-0.4, -0.2) is 36.3 Å². The number of carbonyl (C=O) groups is 1. The second kappa shape index (κ2) is 6.64. The summed E-state index contributed by atoms with van der Waals surface area (Å²) < 4.78 is 0. The van der Waals surface area contributed by atoms with Crippen LogP contribution in [0.4, 0.5) is 5.69 Å². The Morgan fingerprint density at radius 3 is 2.81 bits per heavy atom. The number of benzene rings is 2. The molecule has 1 atom stereocenters. The number of carbonyl (C=O) groups excluding carboxylic acids is 1. The van der Waals surface area contributed by atoms with Crippen molar-refractivity contribution in [1.82, 2.24) is 21.1 Å². The van der Waals surface area contributed by atoms with Crippen LogP contribution in [0.2, 0.25) is 0 Å². The summed E-state index contributed by atoms with van der Waals surface area (Å²) in [7, 11) is 0. The highest BCUT2D eigenvalue weighted by Crippen LogP contribution is 2.33. The summed E-state index contributed by atoms with van der Waals surface area (Å²) >= 11 is 0. The molecule has 3 aliphatic heterocycles. The van der Waals surface area contributed by atoms with Gasteiger partial charge in [0.2, 0.25) is 0 Å². The number of rotatable bonds is 3. The molecule has 0 spiro atoms. The van der Waals surface area contributed by atoms with Gasteiger partial charge in [-0.3, -0.25) is 15.1 Å². The van der Waals surface area contributed by atoms with Crippen LogP contribution in [-0.2, 0) is 0 Å². The highest BCUT2D eigenvalue weighted by molar-refractivity contribution is 6.00. The van der Waals surface area contributed by atoms with Crippen LogP contribution in [0.15, 0.2) is 59.6 Å². The normalized spacial score (nSPS) is 21.5. The first-order chi connectivity index (χ1) is 13.3. The largest absolute Gasteiger partial charge is 0.352 e. The number of hydrazine groups is 1. The number of nitrogens with zero attached hydrogens (tertiary/aromatic N) is 2. The lowest BCUT2D eigenvalue weighted by molar-refractivity contribution is 0.0904. The van der Waals surface area contributed by atoms with Gasteiger partial charge in [-0.25, -0.2) is 10.4 Å². The van der Waals surface area contributed by atoms with E-state index >= 15 is 0 Å². The zero-order valence-electron chi connectivity index (χ0n) is 14.9. The third kappa shape index (κ3) is 3.03. The second-order valence-electron chi connectivity index (χ2n) is 7.05. The summed E-state index contributed by atoms with van der Waals surface area (Å²) in [6.45, 7) is 2.67. The van der Waals surface area contributed by atoms with E-state index in [1.165, 1.54) is 11.1 Å². The van der Waals surface area contributed by atoms with Crippen LogP contribution in [0.5, 0.6) is 0 Å². The number of hydrogen-bond donors (Lipinski definition) is 3. The van der Waals surface area contributed by atoms with Crippen molar-refractivity contribution in [2.45, 2.75) is 12.6 Å². The number of aliphatic imine (C=N–C) groups is 1. The van der Waals surface area contributed by atoms with Gasteiger partial charge in [0.25, 0.3) is 5.91 Å². The van der Waals surface area contributed by atoms with Crippen LogP contribution in [0.25, 0.3) is 5.57 Å². The molecule has 0 fully saturated rings. The van der Waals surface area contributed by atoms with Crippen LogP contribution in [0.1, 0.15) is 34.1 Å². The van der Waals surface area contributed by atoms with Gasteiger partial charge in [0.15, 0.2) is 0 Å². The van der Waals surface area contributed by atoms with Crippen molar-refractivity contribution in [3.05, 3.63) is 71.3 Å². The van der Waals surface area contributed by atoms with E-state index in [2.05, 4.69) is 57.5 Å². The van der Waals surface area contributed by atoms with E-state index in [1.807, 2.05) is 18.2 Å². The van der Waals surface area contributed by atoms with Crippen LogP contribution in [0.3, 0.4) is 0 Å². The molecule has 2 aromatic rings. The molecule has 0 bridgehead atoms. The van der Waals surface area contributed by atoms with E-state index in [0.29, 0.717) is 5.56 Å². The number of amidine groups is 1. The van der Waals surface area contributed by atoms with Gasteiger partial charge >= 0.3 is 0 Å². The first-order valence-electron chi connectivity index (χ1n) is 9.27. The van der Waals surface area contributed by atoms with Gasteiger partial charge in [-0.05, 0) is 29.7 Å². The molecule has 0 saturated heterocycles. The van der Waals surface area contributed by atoms with E-state index in [9.17, 15) is 4.79 Å². The van der Waals surface area contributed by atoms with E-state index in [1.54, 1.807) is 0 Å². The fourth-order valence-electron chi connectivity index (χ4n) is 3.94. The van der Waals surface area contributed by atoms with Crippen molar-refractivity contribution in [2.24, 2.45) is 4.99 Å². The Morgan fingerprint density at radius 2 is 2.00 bits per heavy atom. The molecule has 6 nitrogen and oxygen atoms in total. The molecule has 1 amide bonds. The predicted molar refractivity (Wildman–Crippen MR) is 105 cm³/mol. The maximum Gasteiger partial charge on any atom is 0.265 e. The fourth-order valence-corrected chi connectivity index (χ4v) is 3.94. The fraction of sp³-hybridized carbons (Fsp3) is 0.238. The highest BCUT2D eigenvalue weighted by atomic mass is 16.2. The predicted octanol–water partition coefficient (Wildman–Crippen LogP) is 2.36. The third-order valence-electron chi connectivity index (χ3n) is 5.32. The average Bonchev–Trinajstić information content (AvgIpc) is 2.72. The van der Waals surface area contributed by atoms with Gasteiger partial charge in [0.1, 0.15) is 12.0 Å². The first-order valence-corrected chi connectivity index (χ1v) is 9.27. The molecule has 2 aromatic carbocycles.